The molecule has 18 heavy (non-hydrogen) atoms. The first kappa shape index (κ1) is 13.1. The molecule has 0 radical (unpaired) electrons. The maximum Gasteiger partial charge on any atom is 0.137 e. The maximum atomic E-state index is 4.35. The van der Waals surface area contributed by atoms with E-state index in [1.165, 1.54) is 5.56 Å². The van der Waals surface area contributed by atoms with Gasteiger partial charge < -0.3 is 5.32 Å². The van der Waals surface area contributed by atoms with Crippen molar-refractivity contribution in [3.63, 3.8) is 0 Å². The number of anilines is 1. The van der Waals surface area contributed by atoms with Gasteiger partial charge in [-0.2, -0.15) is 11.8 Å². The molecule has 0 bridgehead atoms. The van der Waals surface area contributed by atoms with Crippen LogP contribution in [-0.4, -0.2) is 27.5 Å². The van der Waals surface area contributed by atoms with E-state index in [-0.39, 0.29) is 4.75 Å². The molecule has 0 fully saturated rings. The zero-order valence-corrected chi connectivity index (χ0v) is 12.1. The maximum absolute atomic E-state index is 4.35. The molecule has 0 aliphatic heterocycles. The minimum atomic E-state index is 0.196. The lowest BCUT2D eigenvalue weighted by Gasteiger charge is -2.22. The van der Waals surface area contributed by atoms with Gasteiger partial charge in [0.2, 0.25) is 0 Å². The number of rotatable bonds is 4. The van der Waals surface area contributed by atoms with Gasteiger partial charge in [0.25, 0.3) is 0 Å². The SMILES string of the molecule is CSC(C)(C)CNc1ncnc2ccc(C)cc12. The summed E-state index contributed by atoms with van der Waals surface area (Å²) in [5.41, 5.74) is 2.21. The molecule has 2 rings (SSSR count). The van der Waals surface area contributed by atoms with Crippen molar-refractivity contribution >= 4 is 28.5 Å². The first-order valence-electron chi connectivity index (χ1n) is 6.02. The summed E-state index contributed by atoms with van der Waals surface area (Å²) in [6, 6.07) is 6.24. The third-order valence-corrected chi connectivity index (χ3v) is 4.27. The summed E-state index contributed by atoms with van der Waals surface area (Å²) in [4.78, 5) is 8.65. The van der Waals surface area contributed by atoms with Crippen LogP contribution in [0.3, 0.4) is 0 Å². The molecule has 0 saturated heterocycles. The summed E-state index contributed by atoms with van der Waals surface area (Å²) < 4.78 is 0.196. The van der Waals surface area contributed by atoms with E-state index >= 15 is 0 Å². The molecule has 4 heteroatoms. The van der Waals surface area contributed by atoms with Gasteiger partial charge in [0.05, 0.1) is 5.52 Å². The van der Waals surface area contributed by atoms with Crippen LogP contribution in [-0.2, 0) is 0 Å². The Bertz CT molecular complexity index is 552. The second-order valence-electron chi connectivity index (χ2n) is 5.06. The molecule has 0 spiro atoms. The normalized spacial score (nSPS) is 11.8. The highest BCUT2D eigenvalue weighted by Crippen LogP contribution is 2.24. The van der Waals surface area contributed by atoms with Crippen molar-refractivity contribution < 1.29 is 0 Å². The molecule has 3 nitrogen and oxygen atoms in total. The van der Waals surface area contributed by atoms with Crippen molar-refractivity contribution in [2.75, 3.05) is 18.1 Å². The third-order valence-electron chi connectivity index (χ3n) is 3.02. The molecule has 0 atom stereocenters. The quantitative estimate of drug-likeness (QED) is 0.914. The van der Waals surface area contributed by atoms with Gasteiger partial charge >= 0.3 is 0 Å². The van der Waals surface area contributed by atoms with E-state index in [1.807, 2.05) is 17.8 Å². The molecule has 1 heterocycles. The molecule has 0 unspecified atom stereocenters. The van der Waals surface area contributed by atoms with Crippen LogP contribution in [0.2, 0.25) is 0 Å². The molecule has 0 aliphatic rings. The monoisotopic (exact) mass is 261 g/mol. The predicted molar refractivity (Wildman–Crippen MR) is 80.4 cm³/mol. The van der Waals surface area contributed by atoms with E-state index in [4.69, 9.17) is 0 Å². The van der Waals surface area contributed by atoms with Gasteiger partial charge in [-0.1, -0.05) is 11.6 Å². The fourth-order valence-corrected chi connectivity index (χ4v) is 1.90. The summed E-state index contributed by atoms with van der Waals surface area (Å²) in [5, 5.41) is 4.53. The Labute approximate surface area is 112 Å². The highest BCUT2D eigenvalue weighted by atomic mass is 32.2. The molecule has 2 aromatic rings. The fourth-order valence-electron chi connectivity index (χ4n) is 1.68. The molecule has 96 valence electrons. The first-order valence-corrected chi connectivity index (χ1v) is 7.25. The van der Waals surface area contributed by atoms with Gasteiger partial charge in [-0.15, -0.1) is 0 Å². The summed E-state index contributed by atoms with van der Waals surface area (Å²) in [6.45, 7) is 7.41. The standard InChI is InChI=1S/C14H19N3S/c1-10-5-6-12-11(7-10)13(17-9-16-12)15-8-14(2,3)18-4/h5-7,9H,8H2,1-4H3,(H,15,16,17). The zero-order valence-electron chi connectivity index (χ0n) is 11.3. The summed E-state index contributed by atoms with van der Waals surface area (Å²) in [5.74, 6) is 0.922. The second kappa shape index (κ2) is 5.14. The first-order chi connectivity index (χ1) is 8.52. The van der Waals surface area contributed by atoms with Crippen molar-refractivity contribution in [1.29, 1.82) is 0 Å². The van der Waals surface area contributed by atoms with Crippen LogP contribution in [0.1, 0.15) is 19.4 Å². The van der Waals surface area contributed by atoms with Crippen LogP contribution in [0, 0.1) is 6.92 Å². The molecule has 1 aromatic carbocycles. The molecule has 0 amide bonds. The number of hydrogen-bond donors (Lipinski definition) is 1. The van der Waals surface area contributed by atoms with E-state index in [1.54, 1.807) is 6.33 Å². The van der Waals surface area contributed by atoms with Crippen LogP contribution in [0.15, 0.2) is 24.5 Å². The van der Waals surface area contributed by atoms with Gasteiger partial charge in [-0.3, -0.25) is 0 Å². The van der Waals surface area contributed by atoms with Gasteiger partial charge in [-0.05, 0) is 39.2 Å². The highest BCUT2D eigenvalue weighted by molar-refractivity contribution is 7.99. The number of nitrogens with one attached hydrogen (secondary N) is 1. The summed E-state index contributed by atoms with van der Waals surface area (Å²) in [6.07, 6.45) is 3.75. The van der Waals surface area contributed by atoms with Crippen LogP contribution in [0.4, 0.5) is 5.82 Å². The average Bonchev–Trinajstić information content (AvgIpc) is 2.36. The predicted octanol–water partition coefficient (Wildman–Crippen LogP) is 3.49. The topological polar surface area (TPSA) is 37.8 Å². The lowest BCUT2D eigenvalue weighted by Crippen LogP contribution is -2.26. The number of aryl methyl sites for hydroxylation is 1. The van der Waals surface area contributed by atoms with Crippen molar-refractivity contribution in [2.24, 2.45) is 0 Å². The van der Waals surface area contributed by atoms with E-state index in [0.717, 1.165) is 23.3 Å². The Morgan fingerprint density at radius 1 is 1.28 bits per heavy atom. The van der Waals surface area contributed by atoms with Crippen molar-refractivity contribution in [1.82, 2.24) is 9.97 Å². The molecule has 1 aromatic heterocycles. The van der Waals surface area contributed by atoms with E-state index in [9.17, 15) is 0 Å². The van der Waals surface area contributed by atoms with Crippen molar-refractivity contribution in [2.45, 2.75) is 25.5 Å². The number of thioether (sulfide) groups is 1. The molecule has 0 aliphatic carbocycles. The number of hydrogen-bond acceptors (Lipinski definition) is 4. The number of fused-ring (bicyclic) bond motifs is 1. The molecule has 0 saturated carbocycles. The Morgan fingerprint density at radius 2 is 2.06 bits per heavy atom. The number of aromatic nitrogens is 2. The minimum Gasteiger partial charge on any atom is -0.368 e. The molecular weight excluding hydrogens is 242 g/mol. The van der Waals surface area contributed by atoms with Gasteiger partial charge in [0, 0.05) is 16.7 Å². The lowest BCUT2D eigenvalue weighted by atomic mass is 10.1. The summed E-state index contributed by atoms with van der Waals surface area (Å²) >= 11 is 1.85. The number of nitrogens with zero attached hydrogens (tertiary/aromatic N) is 2. The zero-order chi connectivity index (χ0) is 13.2. The van der Waals surface area contributed by atoms with Gasteiger partial charge in [-0.25, -0.2) is 9.97 Å². The van der Waals surface area contributed by atoms with Crippen molar-refractivity contribution in [3.05, 3.63) is 30.1 Å². The molecular formula is C14H19N3S. The Balaban J connectivity index is 2.30. The largest absolute Gasteiger partial charge is 0.368 e. The van der Waals surface area contributed by atoms with Gasteiger partial charge in [0.1, 0.15) is 12.1 Å². The van der Waals surface area contributed by atoms with Crippen LogP contribution in [0.25, 0.3) is 10.9 Å². The second-order valence-corrected chi connectivity index (χ2v) is 6.57. The van der Waals surface area contributed by atoms with Gasteiger partial charge in [0.15, 0.2) is 0 Å². The van der Waals surface area contributed by atoms with E-state index < -0.39 is 0 Å². The van der Waals surface area contributed by atoms with E-state index in [2.05, 4.69) is 54.4 Å². The third kappa shape index (κ3) is 2.93. The molecule has 1 N–H and O–H groups in total. The number of benzene rings is 1. The Hall–Kier alpha value is -1.29. The van der Waals surface area contributed by atoms with Crippen LogP contribution < -0.4 is 5.32 Å². The minimum absolute atomic E-state index is 0.196. The fraction of sp³-hybridized carbons (Fsp3) is 0.429. The van der Waals surface area contributed by atoms with Crippen LogP contribution in [0.5, 0.6) is 0 Å². The van der Waals surface area contributed by atoms with E-state index in [0.29, 0.717) is 0 Å². The summed E-state index contributed by atoms with van der Waals surface area (Å²) in [7, 11) is 0. The smallest absolute Gasteiger partial charge is 0.137 e. The van der Waals surface area contributed by atoms with Crippen LogP contribution >= 0.6 is 11.8 Å². The Kier molecular flexibility index (Phi) is 3.76. The lowest BCUT2D eigenvalue weighted by molar-refractivity contribution is 0.750. The Morgan fingerprint density at radius 3 is 2.78 bits per heavy atom. The highest BCUT2D eigenvalue weighted by Gasteiger charge is 2.16. The van der Waals surface area contributed by atoms with Crippen molar-refractivity contribution in [3.8, 4) is 0 Å². The average molecular weight is 261 g/mol.